The molecular weight excluding hydrogens is 268 g/mol. The summed E-state index contributed by atoms with van der Waals surface area (Å²) in [6.07, 6.45) is 0. The van der Waals surface area contributed by atoms with Crippen LogP contribution in [0.2, 0.25) is 0 Å². The van der Waals surface area contributed by atoms with Gasteiger partial charge in [-0.1, -0.05) is 22.9 Å². The summed E-state index contributed by atoms with van der Waals surface area (Å²) in [7, 11) is 3.75. The summed E-state index contributed by atoms with van der Waals surface area (Å²) in [5.74, 6) is 0.888. The normalized spacial score (nSPS) is 12.9. The van der Waals surface area contributed by atoms with Crippen LogP contribution < -0.4 is 10.5 Å². The van der Waals surface area contributed by atoms with E-state index in [1.165, 1.54) is 0 Å². The molecular formula is C12H19BrN2O. The number of hydrogen-bond acceptors (Lipinski definition) is 3. The second kappa shape index (κ2) is 6.23. The quantitative estimate of drug-likeness (QED) is 0.904. The fraction of sp³-hybridized carbons (Fsp3) is 0.500. The van der Waals surface area contributed by atoms with Gasteiger partial charge in [0.05, 0.1) is 13.2 Å². The lowest BCUT2D eigenvalue weighted by Crippen LogP contribution is -2.30. The second-order valence-corrected chi connectivity index (χ2v) is 4.63. The van der Waals surface area contributed by atoms with Gasteiger partial charge in [-0.05, 0) is 31.8 Å². The maximum Gasteiger partial charge on any atom is 0.123 e. The number of halogens is 1. The van der Waals surface area contributed by atoms with Crippen molar-refractivity contribution in [2.45, 2.75) is 13.0 Å². The molecule has 0 aromatic heterocycles. The minimum absolute atomic E-state index is 0.192. The van der Waals surface area contributed by atoms with E-state index in [0.29, 0.717) is 6.54 Å². The minimum Gasteiger partial charge on any atom is -0.496 e. The first-order chi connectivity index (χ1) is 7.63. The molecule has 0 spiro atoms. The molecule has 0 aliphatic rings. The first-order valence-corrected chi connectivity index (χ1v) is 6.17. The van der Waals surface area contributed by atoms with Crippen molar-refractivity contribution in [3.05, 3.63) is 28.2 Å². The number of nitrogens with two attached hydrogens (primary N) is 1. The van der Waals surface area contributed by atoms with Crippen LogP contribution >= 0.6 is 15.9 Å². The maximum absolute atomic E-state index is 5.84. The number of ether oxygens (including phenoxy) is 1. The van der Waals surface area contributed by atoms with Crippen molar-refractivity contribution >= 4 is 15.9 Å². The van der Waals surface area contributed by atoms with E-state index in [1.54, 1.807) is 7.11 Å². The Morgan fingerprint density at radius 2 is 2.19 bits per heavy atom. The van der Waals surface area contributed by atoms with Crippen LogP contribution in [0.4, 0.5) is 0 Å². The highest BCUT2D eigenvalue weighted by molar-refractivity contribution is 9.10. The van der Waals surface area contributed by atoms with Gasteiger partial charge in [0.25, 0.3) is 0 Å². The highest BCUT2D eigenvalue weighted by Gasteiger charge is 2.18. The Bertz CT molecular complexity index is 344. The third kappa shape index (κ3) is 2.97. The summed E-state index contributed by atoms with van der Waals surface area (Å²) in [6.45, 7) is 3.65. The van der Waals surface area contributed by atoms with E-state index < -0.39 is 0 Å². The molecule has 1 aromatic carbocycles. The lowest BCUT2D eigenvalue weighted by Gasteiger charge is -2.27. The zero-order valence-electron chi connectivity index (χ0n) is 10.0. The minimum atomic E-state index is 0.192. The van der Waals surface area contributed by atoms with Crippen molar-refractivity contribution in [2.75, 3.05) is 27.2 Å². The molecule has 0 amide bonds. The zero-order chi connectivity index (χ0) is 12.1. The number of nitrogens with zero attached hydrogens (tertiary/aromatic N) is 1. The zero-order valence-corrected chi connectivity index (χ0v) is 11.6. The van der Waals surface area contributed by atoms with Gasteiger partial charge in [-0.2, -0.15) is 0 Å². The average Bonchev–Trinajstić information content (AvgIpc) is 2.30. The van der Waals surface area contributed by atoms with E-state index in [1.807, 2.05) is 12.1 Å². The molecule has 3 nitrogen and oxygen atoms in total. The molecule has 0 radical (unpaired) electrons. The van der Waals surface area contributed by atoms with Crippen molar-refractivity contribution < 1.29 is 4.74 Å². The summed E-state index contributed by atoms with van der Waals surface area (Å²) in [5.41, 5.74) is 6.97. The van der Waals surface area contributed by atoms with E-state index >= 15 is 0 Å². The van der Waals surface area contributed by atoms with E-state index in [9.17, 15) is 0 Å². The van der Waals surface area contributed by atoms with Gasteiger partial charge in [0.1, 0.15) is 5.75 Å². The smallest absolute Gasteiger partial charge is 0.123 e. The van der Waals surface area contributed by atoms with E-state index in [0.717, 1.165) is 22.3 Å². The Balaban J connectivity index is 3.11. The highest BCUT2D eigenvalue weighted by atomic mass is 79.9. The summed E-state index contributed by atoms with van der Waals surface area (Å²) in [4.78, 5) is 2.21. The molecule has 0 fully saturated rings. The predicted molar refractivity (Wildman–Crippen MR) is 70.8 cm³/mol. The van der Waals surface area contributed by atoms with Gasteiger partial charge in [0.15, 0.2) is 0 Å². The number of methoxy groups -OCH3 is 1. The topological polar surface area (TPSA) is 38.5 Å². The third-order valence-electron chi connectivity index (χ3n) is 2.80. The molecule has 0 bridgehead atoms. The summed E-state index contributed by atoms with van der Waals surface area (Å²) >= 11 is 3.48. The van der Waals surface area contributed by atoms with Crippen LogP contribution in [0.5, 0.6) is 5.75 Å². The van der Waals surface area contributed by atoms with Crippen molar-refractivity contribution in [2.24, 2.45) is 5.73 Å². The Labute approximate surface area is 106 Å². The van der Waals surface area contributed by atoms with Gasteiger partial charge in [0, 0.05) is 16.6 Å². The van der Waals surface area contributed by atoms with Crippen LogP contribution in [-0.4, -0.2) is 32.1 Å². The van der Waals surface area contributed by atoms with Gasteiger partial charge in [0.2, 0.25) is 0 Å². The van der Waals surface area contributed by atoms with Gasteiger partial charge >= 0.3 is 0 Å². The Morgan fingerprint density at radius 1 is 1.50 bits per heavy atom. The summed E-state index contributed by atoms with van der Waals surface area (Å²) < 4.78 is 6.42. The molecule has 1 unspecified atom stereocenters. The maximum atomic E-state index is 5.84. The van der Waals surface area contributed by atoms with Crippen molar-refractivity contribution in [1.82, 2.24) is 4.90 Å². The lowest BCUT2D eigenvalue weighted by atomic mass is 10.0. The van der Waals surface area contributed by atoms with Crippen LogP contribution in [0.1, 0.15) is 18.5 Å². The molecule has 0 saturated heterocycles. The van der Waals surface area contributed by atoms with Crippen molar-refractivity contribution in [3.8, 4) is 5.75 Å². The van der Waals surface area contributed by atoms with Crippen LogP contribution in [-0.2, 0) is 0 Å². The molecule has 0 heterocycles. The predicted octanol–water partition coefficient (Wildman–Crippen LogP) is 2.41. The Hall–Kier alpha value is -0.580. The van der Waals surface area contributed by atoms with Crippen LogP contribution in [0.25, 0.3) is 0 Å². The molecule has 0 aliphatic carbocycles. The monoisotopic (exact) mass is 286 g/mol. The Morgan fingerprint density at radius 3 is 2.69 bits per heavy atom. The molecule has 2 N–H and O–H groups in total. The average molecular weight is 287 g/mol. The van der Waals surface area contributed by atoms with Crippen LogP contribution in [0.3, 0.4) is 0 Å². The number of benzene rings is 1. The number of rotatable bonds is 5. The Kier molecular flexibility index (Phi) is 5.25. The molecule has 1 rings (SSSR count). The summed E-state index contributed by atoms with van der Waals surface area (Å²) in [5, 5.41) is 0. The second-order valence-electron chi connectivity index (χ2n) is 3.71. The largest absolute Gasteiger partial charge is 0.496 e. The first-order valence-electron chi connectivity index (χ1n) is 5.37. The highest BCUT2D eigenvalue weighted by Crippen LogP contribution is 2.30. The fourth-order valence-corrected chi connectivity index (χ4v) is 2.11. The number of hydrogen-bond donors (Lipinski definition) is 1. The van der Waals surface area contributed by atoms with Crippen molar-refractivity contribution in [1.29, 1.82) is 0 Å². The fourth-order valence-electron chi connectivity index (χ4n) is 1.73. The SMILES string of the molecule is CCN(C)C(CN)c1cc(Br)ccc1OC. The molecule has 90 valence electrons. The van der Waals surface area contributed by atoms with Gasteiger partial charge in [-0.3, -0.25) is 4.90 Å². The first kappa shape index (κ1) is 13.5. The summed E-state index contributed by atoms with van der Waals surface area (Å²) in [6, 6.07) is 6.20. The van der Waals surface area contributed by atoms with E-state index in [-0.39, 0.29) is 6.04 Å². The van der Waals surface area contributed by atoms with Gasteiger partial charge in [-0.15, -0.1) is 0 Å². The molecule has 1 atom stereocenters. The molecule has 0 aliphatic heterocycles. The van der Waals surface area contributed by atoms with Crippen molar-refractivity contribution in [3.63, 3.8) is 0 Å². The molecule has 0 saturated carbocycles. The van der Waals surface area contributed by atoms with Gasteiger partial charge in [-0.25, -0.2) is 0 Å². The lowest BCUT2D eigenvalue weighted by molar-refractivity contribution is 0.256. The van der Waals surface area contributed by atoms with E-state index in [4.69, 9.17) is 10.5 Å². The molecule has 4 heteroatoms. The van der Waals surface area contributed by atoms with Gasteiger partial charge < -0.3 is 10.5 Å². The van der Waals surface area contributed by atoms with E-state index in [2.05, 4.69) is 40.9 Å². The number of likely N-dealkylation sites (N-methyl/N-ethyl adjacent to an activating group) is 1. The molecule has 16 heavy (non-hydrogen) atoms. The van der Waals surface area contributed by atoms with Crippen LogP contribution in [0, 0.1) is 0 Å². The molecule has 1 aromatic rings. The van der Waals surface area contributed by atoms with Crippen LogP contribution in [0.15, 0.2) is 22.7 Å². The third-order valence-corrected chi connectivity index (χ3v) is 3.30. The standard InChI is InChI=1S/C12H19BrN2O/c1-4-15(2)11(8-14)10-7-9(13)5-6-12(10)16-3/h5-7,11H,4,8,14H2,1-3H3.